The van der Waals surface area contributed by atoms with Gasteiger partial charge in [-0.05, 0) is 31.4 Å². The highest BCUT2D eigenvalue weighted by Gasteiger charge is 2.51. The van der Waals surface area contributed by atoms with E-state index >= 15 is 0 Å². The quantitative estimate of drug-likeness (QED) is 0.643. The van der Waals surface area contributed by atoms with Crippen molar-refractivity contribution in [1.82, 2.24) is 24.5 Å². The topological polar surface area (TPSA) is 75.9 Å². The fraction of sp³-hybridized carbons (Fsp3) is 0.455. The number of rotatable bonds is 4. The third kappa shape index (κ3) is 3.02. The molecule has 4 atom stereocenters. The fourth-order valence-electron chi connectivity index (χ4n) is 5.05. The van der Waals surface area contributed by atoms with Crippen LogP contribution in [0.2, 0.25) is 0 Å². The highest BCUT2D eigenvalue weighted by atomic mass is 19.1. The Balaban J connectivity index is 1.29. The highest BCUT2D eigenvalue weighted by molar-refractivity contribution is 5.84. The molecule has 8 nitrogen and oxygen atoms in total. The van der Waals surface area contributed by atoms with Crippen LogP contribution in [0.1, 0.15) is 19.3 Å². The van der Waals surface area contributed by atoms with Gasteiger partial charge in [0.05, 0.1) is 42.3 Å². The van der Waals surface area contributed by atoms with Gasteiger partial charge < -0.3 is 14.5 Å². The molecule has 160 valence electrons. The number of aromatic nitrogens is 4. The van der Waals surface area contributed by atoms with Gasteiger partial charge in [-0.2, -0.15) is 5.10 Å². The number of piperazine rings is 1. The number of nitrogens with zero attached hydrogens (tertiary/aromatic N) is 6. The second-order valence-corrected chi connectivity index (χ2v) is 8.61. The summed E-state index contributed by atoms with van der Waals surface area (Å²) >= 11 is 0. The van der Waals surface area contributed by atoms with Gasteiger partial charge in [0.1, 0.15) is 6.17 Å². The van der Waals surface area contributed by atoms with Crippen LogP contribution in [0, 0.1) is 5.92 Å². The number of amides is 1. The maximum Gasteiger partial charge on any atom is 0.232 e. The molecule has 0 aromatic carbocycles. The Bertz CT molecular complexity index is 1130. The van der Waals surface area contributed by atoms with Gasteiger partial charge in [0.15, 0.2) is 0 Å². The van der Waals surface area contributed by atoms with Crippen molar-refractivity contribution in [1.29, 1.82) is 0 Å². The first kappa shape index (κ1) is 18.5. The van der Waals surface area contributed by atoms with Crippen LogP contribution in [0.4, 0.5) is 10.1 Å². The number of carbonyl (C=O) groups excluding carboxylic acids is 1. The number of ether oxygens (including phenoxy) is 1. The van der Waals surface area contributed by atoms with Gasteiger partial charge in [0.25, 0.3) is 0 Å². The molecule has 1 amide bonds. The summed E-state index contributed by atoms with van der Waals surface area (Å²) in [5.41, 5.74) is 3.74. The monoisotopic (exact) mass is 422 g/mol. The van der Waals surface area contributed by atoms with Gasteiger partial charge in [-0.3, -0.25) is 4.79 Å². The first-order valence-corrected chi connectivity index (χ1v) is 10.7. The van der Waals surface area contributed by atoms with Crippen LogP contribution < -0.4 is 9.64 Å². The summed E-state index contributed by atoms with van der Waals surface area (Å²) in [6.45, 7) is 1.52. The van der Waals surface area contributed by atoms with Gasteiger partial charge in [-0.1, -0.05) is 0 Å². The van der Waals surface area contributed by atoms with E-state index in [4.69, 9.17) is 4.74 Å². The maximum atomic E-state index is 13.5. The second-order valence-electron chi connectivity index (χ2n) is 8.61. The van der Waals surface area contributed by atoms with Crippen molar-refractivity contribution in [2.45, 2.75) is 37.5 Å². The molecule has 0 spiro atoms. The van der Waals surface area contributed by atoms with E-state index in [1.807, 2.05) is 21.7 Å². The summed E-state index contributed by atoms with van der Waals surface area (Å²) < 4.78 is 20.4. The SMILES string of the molecule is COc1cnc(-c2cc3c(N4CC5CCC(C4)N5C(=O)[C@@H]4C[C@H]4F)ccnn3c2)cn1. The third-order valence-electron chi connectivity index (χ3n) is 6.73. The predicted octanol–water partition coefficient (Wildman–Crippen LogP) is 2.34. The van der Waals surface area contributed by atoms with Crippen LogP contribution in [0.5, 0.6) is 5.88 Å². The summed E-state index contributed by atoms with van der Waals surface area (Å²) in [7, 11) is 1.56. The minimum absolute atomic E-state index is 0.0163. The third-order valence-corrected chi connectivity index (χ3v) is 6.73. The zero-order chi connectivity index (χ0) is 21.1. The number of hydrogen-bond donors (Lipinski definition) is 0. The second kappa shape index (κ2) is 6.90. The molecular weight excluding hydrogens is 399 g/mol. The van der Waals surface area contributed by atoms with Crippen molar-refractivity contribution in [3.63, 3.8) is 0 Å². The lowest BCUT2D eigenvalue weighted by molar-refractivity contribution is -0.136. The van der Waals surface area contributed by atoms with Crippen molar-refractivity contribution in [3.05, 3.63) is 36.9 Å². The van der Waals surface area contributed by atoms with Gasteiger partial charge >= 0.3 is 0 Å². The Hall–Kier alpha value is -3.23. The standard InChI is InChI=1S/C22H23FN6O2/c1-31-21-9-24-18(8-25-21)13-6-20-19(4-5-26-28(20)10-13)27-11-14-2-3-15(12-27)29(14)22(30)16-7-17(16)23/h4-6,8-10,14-17H,2-3,7,11-12H2,1H3/t14?,15?,16-,17-/m1/s1. The molecule has 0 radical (unpaired) electrons. The van der Waals surface area contributed by atoms with Crippen molar-refractivity contribution in [3.8, 4) is 17.1 Å². The lowest BCUT2D eigenvalue weighted by atomic mass is 10.1. The van der Waals surface area contributed by atoms with Crippen LogP contribution in [0.25, 0.3) is 16.8 Å². The molecule has 31 heavy (non-hydrogen) atoms. The number of alkyl halides is 1. The van der Waals surface area contributed by atoms with Gasteiger partial charge in [0.2, 0.25) is 11.8 Å². The molecule has 0 N–H and O–H groups in total. The van der Waals surface area contributed by atoms with Crippen molar-refractivity contribution in [2.24, 2.45) is 5.92 Å². The molecule has 3 aromatic rings. The molecule has 2 bridgehead atoms. The van der Waals surface area contributed by atoms with Gasteiger partial charge in [-0.15, -0.1) is 0 Å². The molecule has 2 saturated heterocycles. The van der Waals surface area contributed by atoms with Gasteiger partial charge in [0, 0.05) is 43.1 Å². The van der Waals surface area contributed by atoms with Gasteiger partial charge in [-0.25, -0.2) is 18.9 Å². The number of carbonyl (C=O) groups is 1. The Labute approximate surface area is 178 Å². The predicted molar refractivity (Wildman–Crippen MR) is 112 cm³/mol. The highest BCUT2D eigenvalue weighted by Crippen LogP contribution is 2.41. The summed E-state index contributed by atoms with van der Waals surface area (Å²) in [5, 5.41) is 4.46. The molecule has 2 unspecified atom stereocenters. The molecular formula is C22H23FN6O2. The van der Waals surface area contributed by atoms with Crippen molar-refractivity contribution < 1.29 is 13.9 Å². The van der Waals surface area contributed by atoms with Crippen LogP contribution in [0.3, 0.4) is 0 Å². The Morgan fingerprint density at radius 3 is 2.61 bits per heavy atom. The number of hydrogen-bond acceptors (Lipinski definition) is 6. The van der Waals surface area contributed by atoms with E-state index < -0.39 is 12.1 Å². The zero-order valence-electron chi connectivity index (χ0n) is 17.2. The van der Waals surface area contributed by atoms with Crippen LogP contribution >= 0.6 is 0 Å². The largest absolute Gasteiger partial charge is 0.480 e. The van der Waals surface area contributed by atoms with E-state index in [1.165, 1.54) is 0 Å². The number of methoxy groups -OCH3 is 1. The maximum absolute atomic E-state index is 13.5. The first-order valence-electron chi connectivity index (χ1n) is 10.7. The van der Waals surface area contributed by atoms with Crippen LogP contribution in [-0.2, 0) is 4.79 Å². The number of fused-ring (bicyclic) bond motifs is 3. The molecule has 2 aliphatic heterocycles. The molecule has 3 aliphatic rings. The minimum Gasteiger partial charge on any atom is -0.480 e. The van der Waals surface area contributed by atoms with E-state index in [0.29, 0.717) is 12.3 Å². The molecule has 9 heteroatoms. The molecule has 6 rings (SSSR count). The average Bonchev–Trinajstić information content (AvgIpc) is 3.26. The van der Waals surface area contributed by atoms with Crippen LogP contribution in [0.15, 0.2) is 36.9 Å². The summed E-state index contributed by atoms with van der Waals surface area (Å²) in [4.78, 5) is 25.7. The lowest BCUT2D eigenvalue weighted by Gasteiger charge is -2.42. The smallest absolute Gasteiger partial charge is 0.232 e. The summed E-state index contributed by atoms with van der Waals surface area (Å²) in [6, 6.07) is 4.38. The minimum atomic E-state index is -0.940. The van der Waals surface area contributed by atoms with Crippen molar-refractivity contribution in [2.75, 3.05) is 25.1 Å². The Kier molecular flexibility index (Phi) is 4.12. The van der Waals surface area contributed by atoms with E-state index in [0.717, 1.165) is 48.4 Å². The van der Waals surface area contributed by atoms with E-state index in [1.54, 1.807) is 25.7 Å². The summed E-state index contributed by atoms with van der Waals surface area (Å²) in [6.07, 6.45) is 8.43. The fourth-order valence-corrected chi connectivity index (χ4v) is 5.05. The zero-order valence-corrected chi connectivity index (χ0v) is 17.2. The van der Waals surface area contributed by atoms with Crippen LogP contribution in [-0.4, -0.2) is 68.8 Å². The van der Waals surface area contributed by atoms with E-state index in [9.17, 15) is 9.18 Å². The Morgan fingerprint density at radius 1 is 1.19 bits per heavy atom. The first-order chi connectivity index (χ1) is 15.1. The van der Waals surface area contributed by atoms with E-state index in [2.05, 4.69) is 26.0 Å². The van der Waals surface area contributed by atoms with Crippen molar-refractivity contribution >= 4 is 17.1 Å². The molecule has 1 saturated carbocycles. The summed E-state index contributed by atoms with van der Waals surface area (Å²) in [5.74, 6) is 0.0863. The number of anilines is 1. The molecule has 3 fully saturated rings. The molecule has 5 heterocycles. The molecule has 1 aliphatic carbocycles. The lowest BCUT2D eigenvalue weighted by Crippen LogP contribution is -2.56. The number of halogens is 1. The molecule has 3 aromatic heterocycles. The van der Waals surface area contributed by atoms with E-state index in [-0.39, 0.29) is 18.0 Å². The average molecular weight is 422 g/mol. The Morgan fingerprint density at radius 2 is 1.97 bits per heavy atom. The normalized spacial score (nSPS) is 27.0.